The van der Waals surface area contributed by atoms with Gasteiger partial charge in [-0.1, -0.05) is 48.5 Å². The first-order chi connectivity index (χ1) is 10.8. The van der Waals surface area contributed by atoms with Crippen molar-refractivity contribution < 1.29 is 4.79 Å². The highest BCUT2D eigenvalue weighted by molar-refractivity contribution is 6.26. The summed E-state index contributed by atoms with van der Waals surface area (Å²) >= 11 is 0. The van der Waals surface area contributed by atoms with E-state index in [4.69, 9.17) is 0 Å². The first-order valence-corrected chi connectivity index (χ1v) is 7.11. The summed E-state index contributed by atoms with van der Waals surface area (Å²) in [4.78, 5) is 14.6. The molecule has 0 atom stereocenters. The predicted octanol–water partition coefficient (Wildman–Crippen LogP) is 3.87. The Kier molecular flexibility index (Phi) is 2.70. The van der Waals surface area contributed by atoms with Crippen LogP contribution in [0.15, 0.2) is 60.7 Å². The van der Waals surface area contributed by atoms with E-state index in [0.29, 0.717) is 17.7 Å². The zero-order valence-electron chi connectivity index (χ0n) is 11.8. The van der Waals surface area contributed by atoms with Gasteiger partial charge >= 0.3 is 0 Å². The number of anilines is 1. The van der Waals surface area contributed by atoms with Crippen molar-refractivity contribution >= 4 is 22.4 Å². The van der Waals surface area contributed by atoms with Gasteiger partial charge in [0.25, 0.3) is 5.91 Å². The second-order valence-electron chi connectivity index (χ2n) is 5.35. The topological polar surface area (TPSA) is 44.1 Å². The lowest BCUT2D eigenvalue weighted by molar-refractivity contribution is 0.0991. The molecule has 0 aromatic heterocycles. The molecule has 0 aliphatic carbocycles. The third-order valence-electron chi connectivity index (χ3n) is 4.08. The van der Waals surface area contributed by atoms with Gasteiger partial charge < -0.3 is 4.90 Å². The number of carbonyl (C=O) groups excluding carboxylic acids is 1. The molecule has 3 aromatic rings. The highest BCUT2D eigenvalue weighted by Gasteiger charge is 2.32. The second kappa shape index (κ2) is 4.71. The van der Waals surface area contributed by atoms with Crippen molar-refractivity contribution in [3.63, 3.8) is 0 Å². The summed E-state index contributed by atoms with van der Waals surface area (Å²) in [6, 6.07) is 21.5. The average Bonchev–Trinajstić information content (AvgIpc) is 2.85. The van der Waals surface area contributed by atoms with Crippen LogP contribution in [0.3, 0.4) is 0 Å². The number of amides is 1. The van der Waals surface area contributed by atoms with E-state index in [1.165, 1.54) is 0 Å². The van der Waals surface area contributed by atoms with Gasteiger partial charge in [0.05, 0.1) is 29.4 Å². The van der Waals surface area contributed by atoms with Crippen molar-refractivity contribution in [1.29, 1.82) is 5.26 Å². The molecular formula is C19H12N2O. The van der Waals surface area contributed by atoms with Gasteiger partial charge in [-0.05, 0) is 23.1 Å². The molecular weight excluding hydrogens is 272 g/mol. The maximum absolute atomic E-state index is 12.8. The van der Waals surface area contributed by atoms with Crippen LogP contribution in [-0.2, 0) is 6.54 Å². The van der Waals surface area contributed by atoms with Crippen molar-refractivity contribution in [2.75, 3.05) is 4.90 Å². The van der Waals surface area contributed by atoms with Gasteiger partial charge in [-0.15, -0.1) is 0 Å². The van der Waals surface area contributed by atoms with Crippen LogP contribution in [-0.4, -0.2) is 5.91 Å². The van der Waals surface area contributed by atoms with Crippen molar-refractivity contribution in [1.82, 2.24) is 0 Å². The van der Waals surface area contributed by atoms with Crippen LogP contribution >= 0.6 is 0 Å². The number of nitriles is 1. The zero-order chi connectivity index (χ0) is 15.1. The van der Waals surface area contributed by atoms with E-state index in [-0.39, 0.29) is 5.91 Å². The molecule has 0 saturated heterocycles. The Balaban J connectivity index is 1.90. The summed E-state index contributed by atoms with van der Waals surface area (Å²) in [5, 5.41) is 11.2. The van der Waals surface area contributed by atoms with Gasteiger partial charge in [0.2, 0.25) is 0 Å². The van der Waals surface area contributed by atoms with E-state index in [9.17, 15) is 10.1 Å². The summed E-state index contributed by atoms with van der Waals surface area (Å²) in [7, 11) is 0. The molecule has 1 heterocycles. The minimum Gasteiger partial charge on any atom is -0.303 e. The number of hydrogen-bond acceptors (Lipinski definition) is 2. The van der Waals surface area contributed by atoms with Crippen molar-refractivity contribution in [2.24, 2.45) is 0 Å². The number of nitrogens with zero attached hydrogens (tertiary/aromatic N) is 2. The molecule has 1 amide bonds. The number of carbonyl (C=O) groups is 1. The molecule has 0 unspecified atom stereocenters. The fraction of sp³-hybridized carbons (Fsp3) is 0.0526. The Bertz CT molecular complexity index is 939. The van der Waals surface area contributed by atoms with E-state index in [0.717, 1.165) is 22.0 Å². The predicted molar refractivity (Wildman–Crippen MR) is 85.6 cm³/mol. The lowest BCUT2D eigenvalue weighted by Crippen LogP contribution is -2.26. The Morgan fingerprint density at radius 2 is 1.77 bits per heavy atom. The number of rotatable bonds is 2. The molecule has 3 nitrogen and oxygen atoms in total. The molecule has 0 radical (unpaired) electrons. The van der Waals surface area contributed by atoms with Crippen LogP contribution in [0.25, 0.3) is 10.8 Å². The van der Waals surface area contributed by atoms with Crippen LogP contribution in [0.1, 0.15) is 21.5 Å². The highest BCUT2D eigenvalue weighted by atomic mass is 16.2. The SMILES string of the molecule is N#Cc1ccc2cccc3c2c1C(=O)N3Cc1ccccc1. The first-order valence-electron chi connectivity index (χ1n) is 7.11. The summed E-state index contributed by atoms with van der Waals surface area (Å²) in [6.07, 6.45) is 0. The summed E-state index contributed by atoms with van der Waals surface area (Å²) in [5.41, 5.74) is 2.93. The molecule has 3 aromatic carbocycles. The fourth-order valence-corrected chi connectivity index (χ4v) is 3.07. The standard InChI is InChI=1S/C19H12N2O/c20-11-15-10-9-14-7-4-8-16-17(14)18(15)19(22)21(16)12-13-5-2-1-3-6-13/h1-10H,12H2. The van der Waals surface area contributed by atoms with Crippen molar-refractivity contribution in [3.8, 4) is 6.07 Å². The fourth-order valence-electron chi connectivity index (χ4n) is 3.07. The molecule has 0 spiro atoms. The summed E-state index contributed by atoms with van der Waals surface area (Å²) in [5.74, 6) is -0.0906. The Labute approximate surface area is 128 Å². The van der Waals surface area contributed by atoms with Crippen LogP contribution < -0.4 is 4.90 Å². The third-order valence-corrected chi connectivity index (χ3v) is 4.08. The lowest BCUT2D eigenvalue weighted by Gasteiger charge is -2.17. The number of hydrogen-bond donors (Lipinski definition) is 0. The van der Waals surface area contributed by atoms with Crippen LogP contribution in [0.5, 0.6) is 0 Å². The number of benzene rings is 3. The molecule has 3 heteroatoms. The average molecular weight is 284 g/mol. The van der Waals surface area contributed by atoms with E-state index in [1.54, 1.807) is 11.0 Å². The van der Waals surface area contributed by atoms with Crippen LogP contribution in [0, 0.1) is 11.3 Å². The zero-order valence-corrected chi connectivity index (χ0v) is 11.8. The van der Waals surface area contributed by atoms with Crippen molar-refractivity contribution in [3.05, 3.63) is 77.4 Å². The summed E-state index contributed by atoms with van der Waals surface area (Å²) in [6.45, 7) is 0.512. The van der Waals surface area contributed by atoms with E-state index >= 15 is 0 Å². The van der Waals surface area contributed by atoms with Gasteiger partial charge in [0, 0.05) is 5.39 Å². The first kappa shape index (κ1) is 12.6. The Morgan fingerprint density at radius 3 is 2.55 bits per heavy atom. The van der Waals surface area contributed by atoms with E-state index < -0.39 is 0 Å². The molecule has 4 rings (SSSR count). The third kappa shape index (κ3) is 1.71. The molecule has 1 aliphatic heterocycles. The Hall–Kier alpha value is -3.12. The molecule has 1 aliphatic rings. The molecule has 0 bridgehead atoms. The normalized spacial score (nSPS) is 12.7. The molecule has 0 saturated carbocycles. The van der Waals surface area contributed by atoms with Crippen molar-refractivity contribution in [2.45, 2.75) is 6.54 Å². The molecule has 0 N–H and O–H groups in total. The summed E-state index contributed by atoms with van der Waals surface area (Å²) < 4.78 is 0. The molecule has 0 fully saturated rings. The minimum atomic E-state index is -0.0906. The quantitative estimate of drug-likeness (QED) is 0.717. The van der Waals surface area contributed by atoms with Gasteiger partial charge in [-0.25, -0.2) is 0 Å². The lowest BCUT2D eigenvalue weighted by atomic mass is 10.0. The van der Waals surface area contributed by atoms with Gasteiger partial charge in [-0.3, -0.25) is 4.79 Å². The van der Waals surface area contributed by atoms with Gasteiger partial charge in [0.15, 0.2) is 0 Å². The molecule has 22 heavy (non-hydrogen) atoms. The maximum atomic E-state index is 12.8. The van der Waals surface area contributed by atoms with E-state index in [2.05, 4.69) is 6.07 Å². The maximum Gasteiger partial charge on any atom is 0.260 e. The van der Waals surface area contributed by atoms with E-state index in [1.807, 2.05) is 54.6 Å². The smallest absolute Gasteiger partial charge is 0.260 e. The van der Waals surface area contributed by atoms with Gasteiger partial charge in [-0.2, -0.15) is 5.26 Å². The largest absolute Gasteiger partial charge is 0.303 e. The van der Waals surface area contributed by atoms with Crippen LogP contribution in [0.2, 0.25) is 0 Å². The van der Waals surface area contributed by atoms with Gasteiger partial charge in [0.1, 0.15) is 0 Å². The monoisotopic (exact) mass is 284 g/mol. The van der Waals surface area contributed by atoms with Crippen LogP contribution in [0.4, 0.5) is 5.69 Å². The highest BCUT2D eigenvalue weighted by Crippen LogP contribution is 2.39. The Morgan fingerprint density at radius 1 is 0.955 bits per heavy atom. The minimum absolute atomic E-state index is 0.0906. The second-order valence-corrected chi connectivity index (χ2v) is 5.35. The molecule has 104 valence electrons.